The van der Waals surface area contributed by atoms with Crippen molar-refractivity contribution in [2.45, 2.75) is 19.9 Å². The van der Waals surface area contributed by atoms with Crippen molar-refractivity contribution in [1.82, 2.24) is 15.3 Å². The Morgan fingerprint density at radius 2 is 1.95 bits per heavy atom. The van der Waals surface area contributed by atoms with E-state index in [9.17, 15) is 0 Å². The number of benzene rings is 1. The van der Waals surface area contributed by atoms with Gasteiger partial charge in [-0.2, -0.15) is 0 Å². The Bertz CT molecular complexity index is 585. The third kappa shape index (κ3) is 3.49. The molecular weight excluding hydrogens is 266 g/mol. The Kier molecular flexibility index (Phi) is 5.11. The largest absolute Gasteiger partial charge is 0.497 e. The van der Waals surface area contributed by atoms with Crippen LogP contribution in [0.15, 0.2) is 30.6 Å². The molecule has 0 bridgehead atoms. The summed E-state index contributed by atoms with van der Waals surface area (Å²) in [5, 5.41) is 3.42. The summed E-state index contributed by atoms with van der Waals surface area (Å²) >= 11 is 0. The summed E-state index contributed by atoms with van der Waals surface area (Å²) in [7, 11) is 3.30. The first-order chi connectivity index (χ1) is 10.2. The van der Waals surface area contributed by atoms with Gasteiger partial charge in [0.2, 0.25) is 0 Å². The van der Waals surface area contributed by atoms with Crippen molar-refractivity contribution < 1.29 is 9.47 Å². The summed E-state index contributed by atoms with van der Waals surface area (Å²) < 4.78 is 10.7. The van der Waals surface area contributed by atoms with E-state index < -0.39 is 0 Å². The van der Waals surface area contributed by atoms with Gasteiger partial charge in [-0.1, -0.05) is 6.92 Å². The van der Waals surface area contributed by atoms with E-state index >= 15 is 0 Å². The molecule has 1 unspecified atom stereocenters. The summed E-state index contributed by atoms with van der Waals surface area (Å²) in [4.78, 5) is 8.81. The maximum Gasteiger partial charge on any atom is 0.127 e. The molecule has 0 saturated heterocycles. The Morgan fingerprint density at radius 3 is 2.52 bits per heavy atom. The number of ether oxygens (including phenoxy) is 2. The van der Waals surface area contributed by atoms with E-state index in [-0.39, 0.29) is 6.04 Å². The quantitative estimate of drug-likeness (QED) is 0.884. The van der Waals surface area contributed by atoms with Crippen LogP contribution in [0.4, 0.5) is 0 Å². The molecule has 0 amide bonds. The fraction of sp³-hybridized carbons (Fsp3) is 0.375. The maximum atomic E-state index is 5.49. The monoisotopic (exact) mass is 287 g/mol. The molecule has 0 saturated carbocycles. The van der Waals surface area contributed by atoms with Gasteiger partial charge in [0.15, 0.2) is 0 Å². The summed E-state index contributed by atoms with van der Waals surface area (Å²) in [5.74, 6) is 1.53. The van der Waals surface area contributed by atoms with Crippen molar-refractivity contribution in [3.63, 3.8) is 0 Å². The zero-order valence-electron chi connectivity index (χ0n) is 12.9. The van der Waals surface area contributed by atoms with Crippen molar-refractivity contribution in [3.05, 3.63) is 47.5 Å². The molecule has 5 nitrogen and oxygen atoms in total. The van der Waals surface area contributed by atoms with Crippen LogP contribution < -0.4 is 14.8 Å². The van der Waals surface area contributed by atoms with Crippen molar-refractivity contribution in [2.24, 2.45) is 0 Å². The van der Waals surface area contributed by atoms with Gasteiger partial charge in [-0.15, -0.1) is 0 Å². The van der Waals surface area contributed by atoms with Crippen LogP contribution in [0, 0.1) is 6.92 Å². The predicted molar refractivity (Wildman–Crippen MR) is 81.8 cm³/mol. The van der Waals surface area contributed by atoms with Gasteiger partial charge in [-0.05, 0) is 25.6 Å². The van der Waals surface area contributed by atoms with E-state index in [1.165, 1.54) is 0 Å². The van der Waals surface area contributed by atoms with E-state index in [2.05, 4.69) is 22.2 Å². The van der Waals surface area contributed by atoms with E-state index in [0.717, 1.165) is 35.0 Å². The number of hydrogen-bond donors (Lipinski definition) is 1. The smallest absolute Gasteiger partial charge is 0.127 e. The molecule has 21 heavy (non-hydrogen) atoms. The minimum atomic E-state index is -0.0658. The lowest BCUT2D eigenvalue weighted by Gasteiger charge is -2.20. The molecule has 0 aliphatic carbocycles. The molecule has 1 aromatic carbocycles. The van der Waals surface area contributed by atoms with E-state index in [4.69, 9.17) is 9.47 Å². The number of nitrogens with one attached hydrogen (secondary N) is 1. The molecule has 0 spiro atoms. The summed E-state index contributed by atoms with van der Waals surface area (Å²) in [6.45, 7) is 4.80. The minimum Gasteiger partial charge on any atom is -0.497 e. The lowest BCUT2D eigenvalue weighted by Crippen LogP contribution is -2.23. The summed E-state index contributed by atoms with van der Waals surface area (Å²) in [6, 6.07) is 5.72. The molecule has 5 heteroatoms. The molecular formula is C16H21N3O2. The highest BCUT2D eigenvalue weighted by Crippen LogP contribution is 2.32. The number of methoxy groups -OCH3 is 2. The predicted octanol–water partition coefficient (Wildman–Crippen LogP) is 2.50. The number of aromatic nitrogens is 2. The Morgan fingerprint density at radius 1 is 1.14 bits per heavy atom. The number of nitrogens with zero attached hydrogens (tertiary/aromatic N) is 2. The summed E-state index contributed by atoms with van der Waals surface area (Å²) in [6.07, 6.45) is 3.57. The normalized spacial score (nSPS) is 12.0. The number of aryl methyl sites for hydroxylation is 1. The minimum absolute atomic E-state index is 0.0658. The van der Waals surface area contributed by atoms with Crippen molar-refractivity contribution in [2.75, 3.05) is 20.8 Å². The molecule has 0 aliphatic rings. The van der Waals surface area contributed by atoms with Crippen LogP contribution >= 0.6 is 0 Å². The molecule has 0 fully saturated rings. The Balaban J connectivity index is 2.44. The number of hydrogen-bond acceptors (Lipinski definition) is 5. The maximum absolute atomic E-state index is 5.49. The van der Waals surface area contributed by atoms with Crippen LogP contribution in [-0.4, -0.2) is 30.7 Å². The van der Waals surface area contributed by atoms with Crippen LogP contribution in [0.25, 0.3) is 0 Å². The van der Waals surface area contributed by atoms with Crippen molar-refractivity contribution in [3.8, 4) is 11.5 Å². The van der Waals surface area contributed by atoms with E-state index in [1.807, 2.05) is 25.1 Å². The molecule has 1 heterocycles. The van der Waals surface area contributed by atoms with Crippen LogP contribution in [0.3, 0.4) is 0 Å². The topological polar surface area (TPSA) is 56.3 Å². The Labute approximate surface area is 125 Å². The highest BCUT2D eigenvalue weighted by Gasteiger charge is 2.19. The molecule has 0 radical (unpaired) electrons. The first-order valence-electron chi connectivity index (χ1n) is 6.93. The molecule has 2 aromatic rings. The zero-order chi connectivity index (χ0) is 15.2. The first kappa shape index (κ1) is 15.3. The van der Waals surface area contributed by atoms with Crippen LogP contribution in [-0.2, 0) is 0 Å². The average Bonchev–Trinajstić information content (AvgIpc) is 2.53. The van der Waals surface area contributed by atoms with E-state index in [1.54, 1.807) is 26.6 Å². The molecule has 0 aliphatic heterocycles. The number of rotatable bonds is 6. The SMILES string of the molecule is CCNC(c1cnc(C)cn1)c1ccc(OC)cc1OC. The van der Waals surface area contributed by atoms with Crippen molar-refractivity contribution >= 4 is 0 Å². The third-order valence-corrected chi connectivity index (χ3v) is 3.26. The fourth-order valence-corrected chi connectivity index (χ4v) is 2.19. The highest BCUT2D eigenvalue weighted by atomic mass is 16.5. The van der Waals surface area contributed by atoms with Gasteiger partial charge in [0.05, 0.1) is 37.8 Å². The van der Waals surface area contributed by atoms with Crippen LogP contribution in [0.5, 0.6) is 11.5 Å². The van der Waals surface area contributed by atoms with Gasteiger partial charge in [-0.25, -0.2) is 0 Å². The standard InChI is InChI=1S/C16H21N3O2/c1-5-17-16(14-10-18-11(2)9-19-14)13-7-6-12(20-3)8-15(13)21-4/h6-10,16-17H,5H2,1-4H3. The average molecular weight is 287 g/mol. The molecule has 2 rings (SSSR count). The third-order valence-electron chi connectivity index (χ3n) is 3.26. The lowest BCUT2D eigenvalue weighted by atomic mass is 10.0. The van der Waals surface area contributed by atoms with Crippen LogP contribution in [0.2, 0.25) is 0 Å². The fourth-order valence-electron chi connectivity index (χ4n) is 2.19. The molecule has 1 atom stereocenters. The highest BCUT2D eigenvalue weighted by molar-refractivity contribution is 5.44. The van der Waals surface area contributed by atoms with Gasteiger partial charge >= 0.3 is 0 Å². The molecule has 1 aromatic heterocycles. The second-order valence-electron chi connectivity index (χ2n) is 4.68. The lowest BCUT2D eigenvalue weighted by molar-refractivity contribution is 0.387. The molecule has 112 valence electrons. The van der Waals surface area contributed by atoms with Crippen molar-refractivity contribution in [1.29, 1.82) is 0 Å². The van der Waals surface area contributed by atoms with Gasteiger partial charge in [0.1, 0.15) is 11.5 Å². The molecule has 1 N–H and O–H groups in total. The Hall–Kier alpha value is -2.14. The van der Waals surface area contributed by atoms with Gasteiger partial charge in [-0.3, -0.25) is 9.97 Å². The van der Waals surface area contributed by atoms with Crippen LogP contribution in [0.1, 0.15) is 29.9 Å². The van der Waals surface area contributed by atoms with Gasteiger partial charge in [0.25, 0.3) is 0 Å². The second-order valence-corrected chi connectivity index (χ2v) is 4.68. The van der Waals surface area contributed by atoms with E-state index in [0.29, 0.717) is 0 Å². The van der Waals surface area contributed by atoms with Gasteiger partial charge < -0.3 is 14.8 Å². The first-order valence-corrected chi connectivity index (χ1v) is 6.93. The summed E-state index contributed by atoms with van der Waals surface area (Å²) in [5.41, 5.74) is 2.78. The zero-order valence-corrected chi connectivity index (χ0v) is 12.9. The van der Waals surface area contributed by atoms with Gasteiger partial charge in [0, 0.05) is 17.8 Å². The second kappa shape index (κ2) is 7.04.